The van der Waals surface area contributed by atoms with Crippen molar-refractivity contribution >= 4 is 10.0 Å². The summed E-state index contributed by atoms with van der Waals surface area (Å²) in [5.41, 5.74) is 0.930. The van der Waals surface area contributed by atoms with Crippen LogP contribution in [0.5, 0.6) is 5.75 Å². The SMILES string of the molecule is COc1cc(S(=O)(=O)N2CCN(C)CC2)ccc1C. The van der Waals surface area contributed by atoms with Gasteiger partial charge in [-0.05, 0) is 25.6 Å². The second kappa shape index (κ2) is 5.48. The maximum Gasteiger partial charge on any atom is 0.243 e. The molecule has 19 heavy (non-hydrogen) atoms. The molecule has 6 heteroatoms. The number of benzene rings is 1. The molecule has 5 nitrogen and oxygen atoms in total. The highest BCUT2D eigenvalue weighted by atomic mass is 32.2. The molecule has 0 amide bonds. The molecule has 0 N–H and O–H groups in total. The number of sulfonamides is 1. The van der Waals surface area contributed by atoms with E-state index >= 15 is 0 Å². The molecule has 2 rings (SSSR count). The van der Waals surface area contributed by atoms with Crippen molar-refractivity contribution in [3.63, 3.8) is 0 Å². The summed E-state index contributed by atoms with van der Waals surface area (Å²) in [4.78, 5) is 2.43. The lowest BCUT2D eigenvalue weighted by Gasteiger charge is -2.31. The van der Waals surface area contributed by atoms with Crippen LogP contribution in [0.2, 0.25) is 0 Å². The standard InChI is InChI=1S/C13H20N2O3S/c1-11-4-5-12(10-13(11)18-3)19(16,17)15-8-6-14(2)7-9-15/h4-5,10H,6-9H2,1-3H3. The Morgan fingerprint density at radius 1 is 1.16 bits per heavy atom. The number of hydrogen-bond acceptors (Lipinski definition) is 4. The molecule has 0 aromatic heterocycles. The van der Waals surface area contributed by atoms with Gasteiger partial charge in [-0.15, -0.1) is 0 Å². The summed E-state index contributed by atoms with van der Waals surface area (Å²) in [5.74, 6) is 0.607. The van der Waals surface area contributed by atoms with Crippen LogP contribution in [-0.4, -0.2) is 58.0 Å². The van der Waals surface area contributed by atoms with Crippen LogP contribution in [0.15, 0.2) is 23.1 Å². The predicted molar refractivity (Wildman–Crippen MR) is 74.0 cm³/mol. The monoisotopic (exact) mass is 284 g/mol. The molecule has 0 saturated carbocycles. The van der Waals surface area contributed by atoms with Crippen molar-refractivity contribution in [3.8, 4) is 5.75 Å². The second-order valence-electron chi connectivity index (χ2n) is 4.84. The Morgan fingerprint density at radius 2 is 1.79 bits per heavy atom. The van der Waals surface area contributed by atoms with Crippen molar-refractivity contribution in [1.82, 2.24) is 9.21 Å². The molecular weight excluding hydrogens is 264 g/mol. The Hall–Kier alpha value is -1.11. The number of piperazine rings is 1. The molecule has 1 aromatic carbocycles. The van der Waals surface area contributed by atoms with E-state index in [2.05, 4.69) is 4.90 Å². The zero-order valence-corrected chi connectivity index (χ0v) is 12.4. The zero-order chi connectivity index (χ0) is 14.0. The summed E-state index contributed by atoms with van der Waals surface area (Å²) in [6, 6.07) is 5.02. The minimum atomic E-state index is -3.41. The third kappa shape index (κ3) is 2.91. The average Bonchev–Trinajstić information content (AvgIpc) is 2.39. The number of methoxy groups -OCH3 is 1. The van der Waals surface area contributed by atoms with Gasteiger partial charge in [-0.1, -0.05) is 6.07 Å². The highest BCUT2D eigenvalue weighted by molar-refractivity contribution is 7.89. The quantitative estimate of drug-likeness (QED) is 0.829. The first kappa shape index (κ1) is 14.3. The fourth-order valence-corrected chi connectivity index (χ4v) is 3.58. The van der Waals surface area contributed by atoms with Crippen LogP contribution in [0.4, 0.5) is 0 Å². The predicted octanol–water partition coefficient (Wildman–Crippen LogP) is 0.940. The first-order valence-corrected chi connectivity index (χ1v) is 7.72. The highest BCUT2D eigenvalue weighted by Gasteiger charge is 2.27. The van der Waals surface area contributed by atoms with Gasteiger partial charge in [0.1, 0.15) is 5.75 Å². The molecular formula is C13H20N2O3S. The summed E-state index contributed by atoms with van der Waals surface area (Å²) >= 11 is 0. The molecule has 1 aliphatic rings. The van der Waals surface area contributed by atoms with Crippen LogP contribution in [-0.2, 0) is 10.0 Å². The minimum Gasteiger partial charge on any atom is -0.496 e. The first-order chi connectivity index (χ1) is 8.95. The lowest BCUT2D eigenvalue weighted by atomic mass is 10.2. The molecule has 0 spiro atoms. The zero-order valence-electron chi connectivity index (χ0n) is 11.6. The Labute approximate surface area is 114 Å². The number of hydrogen-bond donors (Lipinski definition) is 0. The van der Waals surface area contributed by atoms with E-state index in [1.165, 1.54) is 4.31 Å². The van der Waals surface area contributed by atoms with Crippen LogP contribution < -0.4 is 4.74 Å². The molecule has 0 aliphatic carbocycles. The number of likely N-dealkylation sites (N-methyl/N-ethyl adjacent to an activating group) is 1. The third-order valence-corrected chi connectivity index (χ3v) is 5.37. The Bertz CT molecular complexity index is 549. The molecule has 1 saturated heterocycles. The van der Waals surface area contributed by atoms with Gasteiger partial charge in [0, 0.05) is 32.2 Å². The Kier molecular flexibility index (Phi) is 4.13. The van der Waals surface area contributed by atoms with Gasteiger partial charge in [0.05, 0.1) is 12.0 Å². The van der Waals surface area contributed by atoms with Crippen LogP contribution in [0.3, 0.4) is 0 Å². The van der Waals surface area contributed by atoms with Crippen molar-refractivity contribution in [2.45, 2.75) is 11.8 Å². The largest absolute Gasteiger partial charge is 0.496 e. The summed E-state index contributed by atoms with van der Waals surface area (Å²) < 4.78 is 31.8. The molecule has 106 valence electrons. The summed E-state index contributed by atoms with van der Waals surface area (Å²) in [6.45, 7) is 4.50. The van der Waals surface area contributed by atoms with Crippen LogP contribution in [0.25, 0.3) is 0 Å². The fraction of sp³-hybridized carbons (Fsp3) is 0.538. The Morgan fingerprint density at radius 3 is 2.37 bits per heavy atom. The molecule has 0 radical (unpaired) electrons. The number of ether oxygens (including phenoxy) is 1. The van der Waals surface area contributed by atoms with Crippen LogP contribution >= 0.6 is 0 Å². The number of aryl methyl sites for hydroxylation is 1. The molecule has 1 aliphatic heterocycles. The van der Waals surface area contributed by atoms with Crippen molar-refractivity contribution < 1.29 is 13.2 Å². The average molecular weight is 284 g/mol. The van der Waals surface area contributed by atoms with Gasteiger partial charge in [0.2, 0.25) is 10.0 Å². The maximum atomic E-state index is 12.5. The van der Waals surface area contributed by atoms with Gasteiger partial charge >= 0.3 is 0 Å². The molecule has 1 aromatic rings. The van der Waals surface area contributed by atoms with Crippen molar-refractivity contribution in [2.24, 2.45) is 0 Å². The van der Waals surface area contributed by atoms with Gasteiger partial charge in [0.25, 0.3) is 0 Å². The second-order valence-corrected chi connectivity index (χ2v) is 6.78. The fourth-order valence-electron chi connectivity index (χ4n) is 2.14. The first-order valence-electron chi connectivity index (χ1n) is 6.28. The molecule has 0 bridgehead atoms. The Balaban J connectivity index is 2.29. The smallest absolute Gasteiger partial charge is 0.243 e. The molecule has 1 heterocycles. The van der Waals surface area contributed by atoms with E-state index in [1.807, 2.05) is 14.0 Å². The lowest BCUT2D eigenvalue weighted by Crippen LogP contribution is -2.47. The van der Waals surface area contributed by atoms with E-state index in [0.29, 0.717) is 23.7 Å². The number of rotatable bonds is 3. The van der Waals surface area contributed by atoms with E-state index in [0.717, 1.165) is 18.7 Å². The summed E-state index contributed by atoms with van der Waals surface area (Å²) in [7, 11) is 0.141. The highest BCUT2D eigenvalue weighted by Crippen LogP contribution is 2.24. The lowest BCUT2D eigenvalue weighted by molar-refractivity contribution is 0.222. The normalized spacial score (nSPS) is 18.5. The molecule has 0 unspecified atom stereocenters. The van der Waals surface area contributed by atoms with Crippen molar-refractivity contribution in [2.75, 3.05) is 40.3 Å². The molecule has 1 fully saturated rings. The maximum absolute atomic E-state index is 12.5. The molecule has 0 atom stereocenters. The van der Waals surface area contributed by atoms with E-state index in [9.17, 15) is 8.42 Å². The number of nitrogens with zero attached hydrogens (tertiary/aromatic N) is 2. The van der Waals surface area contributed by atoms with E-state index in [4.69, 9.17) is 4.74 Å². The minimum absolute atomic E-state index is 0.305. The van der Waals surface area contributed by atoms with E-state index in [-0.39, 0.29) is 0 Å². The summed E-state index contributed by atoms with van der Waals surface area (Å²) in [5, 5.41) is 0. The van der Waals surface area contributed by atoms with Gasteiger partial charge in [-0.25, -0.2) is 8.42 Å². The van der Waals surface area contributed by atoms with E-state index in [1.54, 1.807) is 25.3 Å². The third-order valence-electron chi connectivity index (χ3n) is 3.48. The van der Waals surface area contributed by atoms with Gasteiger partial charge in [-0.3, -0.25) is 0 Å². The van der Waals surface area contributed by atoms with Crippen molar-refractivity contribution in [3.05, 3.63) is 23.8 Å². The van der Waals surface area contributed by atoms with E-state index < -0.39 is 10.0 Å². The van der Waals surface area contributed by atoms with Gasteiger partial charge in [0.15, 0.2) is 0 Å². The van der Waals surface area contributed by atoms with Gasteiger partial charge in [-0.2, -0.15) is 4.31 Å². The summed E-state index contributed by atoms with van der Waals surface area (Å²) in [6.07, 6.45) is 0. The van der Waals surface area contributed by atoms with Crippen LogP contribution in [0, 0.1) is 6.92 Å². The van der Waals surface area contributed by atoms with Gasteiger partial charge < -0.3 is 9.64 Å². The van der Waals surface area contributed by atoms with Crippen molar-refractivity contribution in [1.29, 1.82) is 0 Å². The van der Waals surface area contributed by atoms with Crippen LogP contribution in [0.1, 0.15) is 5.56 Å². The topological polar surface area (TPSA) is 49.9 Å².